The lowest BCUT2D eigenvalue weighted by atomic mass is 9.93. The van der Waals surface area contributed by atoms with Gasteiger partial charge in [-0.2, -0.15) is 5.10 Å². The van der Waals surface area contributed by atoms with Crippen LogP contribution in [0.2, 0.25) is 5.02 Å². The fourth-order valence-corrected chi connectivity index (χ4v) is 6.02. The van der Waals surface area contributed by atoms with Gasteiger partial charge in [-0.25, -0.2) is 9.37 Å². The van der Waals surface area contributed by atoms with Crippen molar-refractivity contribution in [3.63, 3.8) is 0 Å². The number of halogens is 2. The first-order chi connectivity index (χ1) is 18.3. The van der Waals surface area contributed by atoms with Crippen molar-refractivity contribution >= 4 is 50.0 Å². The summed E-state index contributed by atoms with van der Waals surface area (Å²) in [6.07, 6.45) is 2.86. The number of thiazole rings is 1. The number of hydrogen-bond donors (Lipinski definition) is 1. The van der Waals surface area contributed by atoms with Crippen LogP contribution in [-0.2, 0) is 18.3 Å². The first-order valence-electron chi connectivity index (χ1n) is 11.8. The first kappa shape index (κ1) is 24.2. The third-order valence-corrected chi connectivity index (χ3v) is 7.97. The van der Waals surface area contributed by atoms with Crippen LogP contribution in [-0.4, -0.2) is 30.8 Å². The summed E-state index contributed by atoms with van der Waals surface area (Å²) in [5, 5.41) is 15.9. The molecule has 0 fully saturated rings. The third-order valence-electron chi connectivity index (χ3n) is 6.60. The van der Waals surface area contributed by atoms with E-state index in [1.165, 1.54) is 17.5 Å². The quantitative estimate of drug-likeness (QED) is 0.247. The molecule has 0 aliphatic carbocycles. The van der Waals surface area contributed by atoms with E-state index < -0.39 is 11.8 Å². The third kappa shape index (κ3) is 4.21. The number of hydrogen-bond acceptors (Lipinski definition) is 5. The lowest BCUT2D eigenvalue weighted by Gasteiger charge is -2.13. The Morgan fingerprint density at radius 3 is 2.61 bits per heavy atom. The zero-order valence-corrected chi connectivity index (χ0v) is 21.9. The number of benzene rings is 3. The van der Waals surface area contributed by atoms with E-state index in [0.717, 1.165) is 37.9 Å². The molecule has 1 N–H and O–H groups in total. The topological polar surface area (TPSA) is 80.9 Å². The lowest BCUT2D eigenvalue weighted by molar-refractivity contribution is -0.136. The Hall–Kier alpha value is -4.14. The molecule has 0 spiro atoms. The predicted molar refractivity (Wildman–Crippen MR) is 149 cm³/mol. The number of fused-ring (bicyclic) bond motifs is 2. The Kier molecular flexibility index (Phi) is 5.93. The highest BCUT2D eigenvalue weighted by Gasteiger charge is 2.21. The maximum atomic E-state index is 15.2. The number of carboxylic acids is 1. The molecule has 3 aromatic carbocycles. The molecular formula is C29H20ClFN4O2S. The molecule has 0 amide bonds. The summed E-state index contributed by atoms with van der Waals surface area (Å²) < 4.78 is 17.7. The molecule has 38 heavy (non-hydrogen) atoms. The molecule has 0 saturated carbocycles. The van der Waals surface area contributed by atoms with E-state index in [0.29, 0.717) is 32.4 Å². The molecule has 0 saturated heterocycles. The molecule has 6 aromatic rings. The molecule has 0 atom stereocenters. The minimum absolute atomic E-state index is 0.141. The number of carbonyl (C=O) groups is 1. The molecule has 0 aliphatic heterocycles. The van der Waals surface area contributed by atoms with Crippen LogP contribution in [0.25, 0.3) is 54.1 Å². The minimum Gasteiger partial charge on any atom is -0.481 e. The normalized spacial score (nSPS) is 11.5. The standard InChI is InChI=1S/C29H20ClFN4O2S/c1-15-9-24-28(27(20(15)12-26(36)37)16-3-6-19(30)7-4-16)38-29(34-24)21-11-23(32-14-22(21)31)17-5-8-25-18(10-17)13-33-35(25)2/h3-11,13-14H,12H2,1-2H3,(H,36,37). The summed E-state index contributed by atoms with van der Waals surface area (Å²) in [5.74, 6) is -1.41. The fraction of sp³-hybridized carbons (Fsp3) is 0.103. The van der Waals surface area contributed by atoms with E-state index in [1.807, 2.05) is 50.4 Å². The number of nitrogens with zero attached hydrogens (tertiary/aromatic N) is 4. The molecule has 9 heteroatoms. The van der Waals surface area contributed by atoms with Crippen molar-refractivity contribution < 1.29 is 14.3 Å². The molecule has 188 valence electrons. The van der Waals surface area contributed by atoms with Gasteiger partial charge >= 0.3 is 5.97 Å². The van der Waals surface area contributed by atoms with Crippen molar-refractivity contribution in [1.29, 1.82) is 0 Å². The highest BCUT2D eigenvalue weighted by atomic mass is 35.5. The second-order valence-electron chi connectivity index (χ2n) is 9.08. The van der Waals surface area contributed by atoms with Gasteiger partial charge in [-0.15, -0.1) is 11.3 Å². The van der Waals surface area contributed by atoms with Gasteiger partial charge < -0.3 is 5.11 Å². The molecule has 3 aromatic heterocycles. The van der Waals surface area contributed by atoms with E-state index in [2.05, 4.69) is 10.1 Å². The fourth-order valence-electron chi connectivity index (χ4n) is 4.73. The van der Waals surface area contributed by atoms with Gasteiger partial charge in [0.25, 0.3) is 0 Å². The van der Waals surface area contributed by atoms with Crippen molar-refractivity contribution in [1.82, 2.24) is 19.7 Å². The van der Waals surface area contributed by atoms with Crippen molar-refractivity contribution in [3.8, 4) is 33.0 Å². The highest BCUT2D eigenvalue weighted by Crippen LogP contribution is 2.42. The summed E-state index contributed by atoms with van der Waals surface area (Å²) in [6, 6.07) is 16.7. The Morgan fingerprint density at radius 2 is 1.84 bits per heavy atom. The van der Waals surface area contributed by atoms with Crippen molar-refractivity contribution in [3.05, 3.63) is 89.0 Å². The Bertz CT molecular complexity index is 1880. The van der Waals surface area contributed by atoms with Gasteiger partial charge in [-0.05, 0) is 60.0 Å². The van der Waals surface area contributed by atoms with Crippen LogP contribution in [0, 0.1) is 12.7 Å². The maximum Gasteiger partial charge on any atom is 0.307 e. The number of aliphatic carboxylic acids is 1. The molecule has 3 heterocycles. The van der Waals surface area contributed by atoms with Gasteiger partial charge in [0.1, 0.15) is 5.01 Å². The molecule has 6 nitrogen and oxygen atoms in total. The largest absolute Gasteiger partial charge is 0.481 e. The van der Waals surface area contributed by atoms with E-state index in [9.17, 15) is 9.90 Å². The molecule has 0 aliphatic rings. The van der Waals surface area contributed by atoms with Crippen molar-refractivity contribution in [2.75, 3.05) is 0 Å². The second kappa shape index (κ2) is 9.31. The summed E-state index contributed by atoms with van der Waals surface area (Å²) >= 11 is 7.45. The van der Waals surface area contributed by atoms with Gasteiger partial charge in [0.2, 0.25) is 0 Å². The zero-order chi connectivity index (χ0) is 26.6. The Balaban J connectivity index is 1.53. The van der Waals surface area contributed by atoms with E-state index in [1.54, 1.807) is 29.1 Å². The molecule has 6 rings (SSSR count). The van der Waals surface area contributed by atoms with Crippen LogP contribution >= 0.6 is 22.9 Å². The van der Waals surface area contributed by atoms with Gasteiger partial charge in [0, 0.05) is 34.1 Å². The number of rotatable bonds is 5. The van der Waals surface area contributed by atoms with E-state index >= 15 is 4.39 Å². The SMILES string of the molecule is Cc1cc2nc(-c3cc(-c4ccc5c(cnn5C)c4)ncc3F)sc2c(-c2ccc(Cl)cc2)c1CC(=O)O. The highest BCUT2D eigenvalue weighted by molar-refractivity contribution is 7.22. The summed E-state index contributed by atoms with van der Waals surface area (Å²) in [6.45, 7) is 1.87. The maximum absolute atomic E-state index is 15.2. The first-order valence-corrected chi connectivity index (χ1v) is 13.0. The minimum atomic E-state index is -0.928. The van der Waals surface area contributed by atoms with E-state index in [-0.39, 0.29) is 6.42 Å². The molecule has 0 bridgehead atoms. The van der Waals surface area contributed by atoms with Crippen LogP contribution in [0.1, 0.15) is 11.1 Å². The molecule has 0 radical (unpaired) electrons. The predicted octanol–water partition coefficient (Wildman–Crippen LogP) is 7.31. The van der Waals surface area contributed by atoms with Crippen LogP contribution in [0.4, 0.5) is 4.39 Å². The average molecular weight is 543 g/mol. The molecular weight excluding hydrogens is 523 g/mol. The average Bonchev–Trinajstić information content (AvgIpc) is 3.48. The summed E-state index contributed by atoms with van der Waals surface area (Å²) in [7, 11) is 1.88. The molecule has 0 unspecified atom stereocenters. The second-order valence-corrected chi connectivity index (χ2v) is 10.5. The van der Waals surface area contributed by atoms with Crippen LogP contribution < -0.4 is 0 Å². The van der Waals surface area contributed by atoms with Gasteiger partial charge in [-0.3, -0.25) is 14.5 Å². The number of aryl methyl sites for hydroxylation is 2. The van der Waals surface area contributed by atoms with Crippen molar-refractivity contribution in [2.24, 2.45) is 7.05 Å². The summed E-state index contributed by atoms with van der Waals surface area (Å²) in [4.78, 5) is 20.8. The van der Waals surface area contributed by atoms with Gasteiger partial charge in [0.15, 0.2) is 5.82 Å². The Labute approximate surface area is 226 Å². The smallest absolute Gasteiger partial charge is 0.307 e. The monoisotopic (exact) mass is 542 g/mol. The van der Waals surface area contributed by atoms with Crippen LogP contribution in [0.5, 0.6) is 0 Å². The zero-order valence-electron chi connectivity index (χ0n) is 20.4. The number of carboxylic acid groups (broad SMARTS) is 1. The van der Waals surface area contributed by atoms with E-state index in [4.69, 9.17) is 16.6 Å². The Morgan fingerprint density at radius 1 is 1.08 bits per heavy atom. The number of pyridine rings is 1. The van der Waals surface area contributed by atoms with Crippen LogP contribution in [0.15, 0.2) is 67.0 Å². The van der Waals surface area contributed by atoms with Crippen LogP contribution in [0.3, 0.4) is 0 Å². The lowest BCUT2D eigenvalue weighted by Crippen LogP contribution is -2.04. The number of aromatic nitrogens is 4. The van der Waals surface area contributed by atoms with Crippen molar-refractivity contribution in [2.45, 2.75) is 13.3 Å². The van der Waals surface area contributed by atoms with Gasteiger partial charge in [-0.1, -0.05) is 29.8 Å². The van der Waals surface area contributed by atoms with Gasteiger partial charge in [0.05, 0.1) is 40.2 Å². The summed E-state index contributed by atoms with van der Waals surface area (Å²) in [5.41, 5.74) is 6.57.